The number of nitrogens with zero attached hydrogens (tertiary/aromatic N) is 1. The molecule has 1 saturated carbocycles. The molecule has 19 heavy (non-hydrogen) atoms. The first-order chi connectivity index (χ1) is 9.17. The van der Waals surface area contributed by atoms with Crippen molar-refractivity contribution in [2.75, 3.05) is 20.2 Å². The average Bonchev–Trinajstić information content (AvgIpc) is 3.23. The first-order valence-corrected chi connectivity index (χ1v) is 6.55. The van der Waals surface area contributed by atoms with Crippen molar-refractivity contribution in [2.45, 2.75) is 25.3 Å². The van der Waals surface area contributed by atoms with Crippen molar-refractivity contribution < 1.29 is 14.6 Å². The lowest BCUT2D eigenvalue weighted by Crippen LogP contribution is -2.34. The van der Waals surface area contributed by atoms with Crippen LogP contribution in [0.15, 0.2) is 18.2 Å². The van der Waals surface area contributed by atoms with Gasteiger partial charge >= 0.3 is 0 Å². The van der Waals surface area contributed by atoms with E-state index in [9.17, 15) is 9.90 Å². The monoisotopic (exact) mass is 264 g/mol. The van der Waals surface area contributed by atoms with E-state index in [4.69, 9.17) is 10.5 Å². The summed E-state index contributed by atoms with van der Waals surface area (Å²) in [4.78, 5) is 14.3. The third kappa shape index (κ3) is 3.17. The van der Waals surface area contributed by atoms with Crippen LogP contribution in [0.25, 0.3) is 0 Å². The van der Waals surface area contributed by atoms with Gasteiger partial charge in [0, 0.05) is 18.2 Å². The van der Waals surface area contributed by atoms with Gasteiger partial charge in [-0.2, -0.15) is 0 Å². The zero-order chi connectivity index (χ0) is 13.8. The summed E-state index contributed by atoms with van der Waals surface area (Å²) in [5.41, 5.74) is 5.99. The first-order valence-electron chi connectivity index (χ1n) is 6.55. The summed E-state index contributed by atoms with van der Waals surface area (Å²) >= 11 is 0. The van der Waals surface area contributed by atoms with E-state index < -0.39 is 0 Å². The van der Waals surface area contributed by atoms with Gasteiger partial charge in [-0.25, -0.2) is 0 Å². The van der Waals surface area contributed by atoms with Gasteiger partial charge in [-0.1, -0.05) is 0 Å². The molecule has 2 rings (SSSR count). The number of carbonyl (C=O) groups is 1. The summed E-state index contributed by atoms with van der Waals surface area (Å²) in [6.45, 7) is 1.25. The molecular formula is C14H20N2O3. The van der Waals surface area contributed by atoms with Gasteiger partial charge in [0.1, 0.15) is 0 Å². The van der Waals surface area contributed by atoms with Gasteiger partial charge in [0.2, 0.25) is 0 Å². The number of phenolic OH excluding ortho intramolecular Hbond substituents is 1. The Kier molecular flexibility index (Phi) is 4.27. The summed E-state index contributed by atoms with van der Waals surface area (Å²) in [6.07, 6.45) is 2.90. The molecule has 0 heterocycles. The Bertz CT molecular complexity index is 458. The largest absolute Gasteiger partial charge is 0.504 e. The zero-order valence-electron chi connectivity index (χ0n) is 11.1. The molecule has 104 valence electrons. The van der Waals surface area contributed by atoms with Crippen molar-refractivity contribution >= 4 is 5.91 Å². The third-order valence-corrected chi connectivity index (χ3v) is 3.28. The van der Waals surface area contributed by atoms with Crippen LogP contribution < -0.4 is 10.5 Å². The van der Waals surface area contributed by atoms with Crippen molar-refractivity contribution in [2.24, 2.45) is 5.73 Å². The molecule has 5 nitrogen and oxygen atoms in total. The summed E-state index contributed by atoms with van der Waals surface area (Å²) < 4.78 is 4.97. The van der Waals surface area contributed by atoms with Crippen molar-refractivity contribution in [3.8, 4) is 11.5 Å². The number of phenols is 1. The Morgan fingerprint density at radius 2 is 2.26 bits per heavy atom. The van der Waals surface area contributed by atoms with E-state index in [0.717, 1.165) is 19.3 Å². The number of nitrogens with two attached hydrogens (primary N) is 1. The predicted octanol–water partition coefficient (Wildman–Crippen LogP) is 1.35. The minimum atomic E-state index is -0.0473. The number of ether oxygens (including phenoxy) is 1. The number of benzene rings is 1. The maximum absolute atomic E-state index is 12.4. The molecule has 0 aromatic heterocycles. The van der Waals surface area contributed by atoms with Crippen molar-refractivity contribution in [3.63, 3.8) is 0 Å². The Hall–Kier alpha value is -1.75. The average molecular weight is 264 g/mol. The fourth-order valence-electron chi connectivity index (χ4n) is 2.09. The summed E-state index contributed by atoms with van der Waals surface area (Å²) in [6, 6.07) is 5.08. The highest BCUT2D eigenvalue weighted by atomic mass is 16.5. The molecule has 1 aromatic rings. The molecule has 0 saturated heterocycles. The molecule has 1 fully saturated rings. The Morgan fingerprint density at radius 1 is 1.53 bits per heavy atom. The quantitative estimate of drug-likeness (QED) is 0.813. The summed E-state index contributed by atoms with van der Waals surface area (Å²) in [7, 11) is 1.48. The van der Waals surface area contributed by atoms with Crippen LogP contribution in [-0.4, -0.2) is 42.2 Å². The number of amides is 1. The van der Waals surface area contributed by atoms with Crippen molar-refractivity contribution in [1.29, 1.82) is 0 Å². The zero-order valence-corrected chi connectivity index (χ0v) is 11.1. The Labute approximate surface area is 113 Å². The lowest BCUT2D eigenvalue weighted by molar-refractivity contribution is 0.0741. The fourth-order valence-corrected chi connectivity index (χ4v) is 2.09. The van der Waals surface area contributed by atoms with Gasteiger partial charge in [0.25, 0.3) is 5.91 Å². The van der Waals surface area contributed by atoms with Gasteiger partial charge in [-0.15, -0.1) is 0 Å². The highest BCUT2D eigenvalue weighted by Gasteiger charge is 2.32. The van der Waals surface area contributed by atoms with E-state index in [1.807, 2.05) is 4.90 Å². The number of methoxy groups -OCH3 is 1. The smallest absolute Gasteiger partial charge is 0.254 e. The highest BCUT2D eigenvalue weighted by Crippen LogP contribution is 2.31. The van der Waals surface area contributed by atoms with Gasteiger partial charge in [-0.05, 0) is 44.0 Å². The number of hydrogen-bond donors (Lipinski definition) is 2. The second-order valence-electron chi connectivity index (χ2n) is 4.76. The second-order valence-corrected chi connectivity index (χ2v) is 4.76. The summed E-state index contributed by atoms with van der Waals surface area (Å²) in [5, 5.41) is 9.74. The van der Waals surface area contributed by atoms with E-state index in [2.05, 4.69) is 0 Å². The van der Waals surface area contributed by atoms with Crippen LogP contribution >= 0.6 is 0 Å². The number of aromatic hydroxyl groups is 1. The number of carbonyl (C=O) groups excluding carboxylic acids is 1. The standard InChI is InChI=1S/C14H20N2O3/c1-19-13-6-3-10(9-12(13)17)14(18)16(8-2-7-15)11-4-5-11/h3,6,9,11,17H,2,4-5,7-8,15H2,1H3. The van der Waals surface area contributed by atoms with E-state index in [0.29, 0.717) is 30.4 Å². The molecule has 0 radical (unpaired) electrons. The van der Waals surface area contributed by atoms with E-state index in [1.165, 1.54) is 13.2 Å². The van der Waals surface area contributed by atoms with Crippen LogP contribution in [0, 0.1) is 0 Å². The maximum atomic E-state index is 12.4. The van der Waals surface area contributed by atoms with E-state index >= 15 is 0 Å². The topological polar surface area (TPSA) is 75.8 Å². The molecule has 1 aromatic carbocycles. The number of rotatable bonds is 6. The molecule has 3 N–H and O–H groups in total. The van der Waals surface area contributed by atoms with Crippen LogP contribution in [0.2, 0.25) is 0 Å². The van der Waals surface area contributed by atoms with E-state index in [-0.39, 0.29) is 11.7 Å². The van der Waals surface area contributed by atoms with Crippen molar-refractivity contribution in [3.05, 3.63) is 23.8 Å². The van der Waals surface area contributed by atoms with Gasteiger partial charge in [-0.3, -0.25) is 4.79 Å². The van der Waals surface area contributed by atoms with Crippen LogP contribution in [0.1, 0.15) is 29.6 Å². The highest BCUT2D eigenvalue weighted by molar-refractivity contribution is 5.95. The minimum absolute atomic E-state index is 0.0112. The molecule has 0 atom stereocenters. The molecule has 0 spiro atoms. The number of hydrogen-bond acceptors (Lipinski definition) is 4. The molecule has 1 amide bonds. The van der Waals surface area contributed by atoms with Crippen LogP contribution in [0.5, 0.6) is 11.5 Å². The lowest BCUT2D eigenvalue weighted by atomic mass is 10.1. The minimum Gasteiger partial charge on any atom is -0.504 e. The predicted molar refractivity (Wildman–Crippen MR) is 72.4 cm³/mol. The van der Waals surface area contributed by atoms with Crippen LogP contribution in [-0.2, 0) is 0 Å². The molecule has 5 heteroatoms. The van der Waals surface area contributed by atoms with Crippen LogP contribution in [0.3, 0.4) is 0 Å². The lowest BCUT2D eigenvalue weighted by Gasteiger charge is -2.22. The molecule has 1 aliphatic rings. The normalized spacial score (nSPS) is 14.2. The van der Waals surface area contributed by atoms with Crippen LogP contribution in [0.4, 0.5) is 0 Å². The third-order valence-electron chi connectivity index (χ3n) is 3.28. The molecule has 0 unspecified atom stereocenters. The Balaban J connectivity index is 2.14. The Morgan fingerprint density at radius 3 is 2.79 bits per heavy atom. The van der Waals surface area contributed by atoms with Gasteiger partial charge in [0.15, 0.2) is 11.5 Å². The molecular weight excluding hydrogens is 244 g/mol. The van der Waals surface area contributed by atoms with Gasteiger partial charge in [0.05, 0.1) is 7.11 Å². The van der Waals surface area contributed by atoms with Crippen molar-refractivity contribution in [1.82, 2.24) is 4.90 Å². The maximum Gasteiger partial charge on any atom is 0.254 e. The molecule has 1 aliphatic carbocycles. The first kappa shape index (κ1) is 13.7. The summed E-state index contributed by atoms with van der Waals surface area (Å²) in [5.74, 6) is 0.313. The van der Waals surface area contributed by atoms with Gasteiger partial charge < -0.3 is 20.5 Å². The second kappa shape index (κ2) is 5.93. The molecule has 0 aliphatic heterocycles. The van der Waals surface area contributed by atoms with E-state index in [1.54, 1.807) is 12.1 Å². The SMILES string of the molecule is COc1ccc(C(=O)N(CCCN)C2CC2)cc1O. The fraction of sp³-hybridized carbons (Fsp3) is 0.500. The molecule has 0 bridgehead atoms.